The molecule has 10 aromatic carbocycles. The van der Waals surface area contributed by atoms with E-state index in [0.29, 0.717) is 0 Å². The number of hydrogen-bond donors (Lipinski definition) is 0. The highest BCUT2D eigenvalue weighted by Gasteiger charge is 2.19. The molecule has 0 nitrogen and oxygen atoms in total. The molecule has 0 aromatic heterocycles. The summed E-state index contributed by atoms with van der Waals surface area (Å²) in [7, 11) is 0. The summed E-state index contributed by atoms with van der Waals surface area (Å²) in [6, 6.07) is 69.4. The van der Waals surface area contributed by atoms with Gasteiger partial charge in [0.15, 0.2) is 0 Å². The van der Waals surface area contributed by atoms with Crippen LogP contribution in [0.4, 0.5) is 0 Å². The molecule has 0 unspecified atom stereocenters. The molecule has 0 amide bonds. The van der Waals surface area contributed by atoms with Crippen molar-refractivity contribution in [3.05, 3.63) is 194 Å². The quantitative estimate of drug-likeness (QED) is 0.132. The molecule has 0 N–H and O–H groups in total. The zero-order valence-corrected chi connectivity index (χ0v) is 28.4. The van der Waals surface area contributed by atoms with Crippen LogP contribution in [0.3, 0.4) is 0 Å². The van der Waals surface area contributed by atoms with Gasteiger partial charge in [0.1, 0.15) is 0 Å². The first-order valence-corrected chi connectivity index (χ1v) is 17.8. The Morgan fingerprint density at radius 2 is 0.706 bits per heavy atom. The van der Waals surface area contributed by atoms with Gasteiger partial charge in [-0.15, -0.1) is 0 Å². The molecular weight excluding hydrogens is 613 g/mol. The van der Waals surface area contributed by atoms with Gasteiger partial charge in [0.25, 0.3) is 0 Å². The minimum Gasteiger partial charge on any atom is -0.0620 e. The first kappa shape index (κ1) is 29.4. The fourth-order valence-electron chi connectivity index (χ4n) is 8.38. The second-order valence-corrected chi connectivity index (χ2v) is 13.7. The third-order valence-corrected chi connectivity index (χ3v) is 10.8. The Bertz CT molecular complexity index is 2910. The maximum atomic E-state index is 2.42. The second-order valence-electron chi connectivity index (χ2n) is 13.7. The Kier molecular flexibility index (Phi) is 6.82. The third-order valence-electron chi connectivity index (χ3n) is 10.8. The fourth-order valence-corrected chi connectivity index (χ4v) is 8.38. The van der Waals surface area contributed by atoms with E-state index in [9.17, 15) is 0 Å². The van der Waals surface area contributed by atoms with Gasteiger partial charge in [-0.3, -0.25) is 0 Å². The molecule has 0 spiro atoms. The predicted octanol–water partition coefficient (Wildman–Crippen LogP) is 14.4. The van der Waals surface area contributed by atoms with Crippen LogP contribution in [0, 0.1) is 6.92 Å². The van der Waals surface area contributed by atoms with Crippen LogP contribution in [-0.4, -0.2) is 0 Å². The van der Waals surface area contributed by atoms with Crippen molar-refractivity contribution in [2.45, 2.75) is 6.92 Å². The van der Waals surface area contributed by atoms with E-state index in [0.717, 1.165) is 0 Å². The van der Waals surface area contributed by atoms with E-state index in [1.165, 1.54) is 104 Å². The maximum Gasteiger partial charge on any atom is -0.00199 e. The molecule has 0 aliphatic carbocycles. The van der Waals surface area contributed by atoms with Crippen LogP contribution in [0.1, 0.15) is 5.56 Å². The summed E-state index contributed by atoms with van der Waals surface area (Å²) < 4.78 is 0. The van der Waals surface area contributed by atoms with Crippen molar-refractivity contribution in [2.75, 3.05) is 0 Å². The Morgan fingerprint density at radius 1 is 0.255 bits per heavy atom. The Balaban J connectivity index is 1.19. The molecule has 0 atom stereocenters. The molecule has 10 aromatic rings. The largest absolute Gasteiger partial charge is 0.0620 e. The first-order chi connectivity index (χ1) is 25.2. The molecule has 0 aliphatic heterocycles. The van der Waals surface area contributed by atoms with Crippen molar-refractivity contribution >= 4 is 53.9 Å². The Labute approximate surface area is 297 Å². The van der Waals surface area contributed by atoms with Crippen LogP contribution in [0.2, 0.25) is 0 Å². The topological polar surface area (TPSA) is 0 Å². The van der Waals surface area contributed by atoms with Crippen molar-refractivity contribution in [2.24, 2.45) is 0 Å². The van der Waals surface area contributed by atoms with E-state index in [1.807, 2.05) is 0 Å². The zero-order chi connectivity index (χ0) is 33.9. The van der Waals surface area contributed by atoms with E-state index in [4.69, 9.17) is 0 Å². The van der Waals surface area contributed by atoms with E-state index >= 15 is 0 Å². The van der Waals surface area contributed by atoms with Crippen LogP contribution in [0.5, 0.6) is 0 Å². The molecule has 0 radical (unpaired) electrons. The van der Waals surface area contributed by atoms with E-state index in [1.54, 1.807) is 0 Å². The number of rotatable bonds is 4. The summed E-state index contributed by atoms with van der Waals surface area (Å²) in [6.07, 6.45) is 0. The summed E-state index contributed by atoms with van der Waals surface area (Å²) in [5.41, 5.74) is 11.3. The Morgan fingerprint density at radius 3 is 1.33 bits per heavy atom. The molecule has 0 aliphatic rings. The monoisotopic (exact) mass is 646 g/mol. The van der Waals surface area contributed by atoms with Gasteiger partial charge in [0, 0.05) is 0 Å². The van der Waals surface area contributed by atoms with Gasteiger partial charge in [-0.2, -0.15) is 0 Å². The van der Waals surface area contributed by atoms with Gasteiger partial charge in [0.2, 0.25) is 0 Å². The molecule has 0 fully saturated rings. The van der Waals surface area contributed by atoms with Crippen LogP contribution in [0.15, 0.2) is 188 Å². The summed E-state index contributed by atoms with van der Waals surface area (Å²) >= 11 is 0. The maximum absolute atomic E-state index is 2.42. The van der Waals surface area contributed by atoms with Crippen molar-refractivity contribution in [1.29, 1.82) is 0 Å². The van der Waals surface area contributed by atoms with Gasteiger partial charge in [-0.05, 0) is 129 Å². The molecule has 0 saturated carbocycles. The molecule has 10 rings (SSSR count). The summed E-state index contributed by atoms with van der Waals surface area (Å²) in [6.45, 7) is 2.22. The third kappa shape index (κ3) is 4.76. The minimum atomic E-state index is 1.21. The van der Waals surface area contributed by atoms with Gasteiger partial charge in [-0.25, -0.2) is 0 Å². The lowest BCUT2D eigenvalue weighted by atomic mass is 9.83. The highest BCUT2D eigenvalue weighted by Crippen LogP contribution is 2.47. The lowest BCUT2D eigenvalue weighted by Gasteiger charge is -2.20. The molecule has 0 bridgehead atoms. The second kappa shape index (κ2) is 11.8. The summed E-state index contributed by atoms with van der Waals surface area (Å²) in [5, 5.41) is 12.7. The highest BCUT2D eigenvalue weighted by molar-refractivity contribution is 6.24. The molecule has 0 saturated heterocycles. The van der Waals surface area contributed by atoms with Crippen molar-refractivity contribution in [1.82, 2.24) is 0 Å². The SMILES string of the molecule is Cc1ccccc1-c1c2ccccc2c(-c2cc(-c3ccc(-c4cc5ccccc5c5ccccc45)cc3)cc3ccccc23)c2ccccc12. The number of fused-ring (bicyclic) bond motifs is 6. The van der Waals surface area contributed by atoms with Crippen molar-refractivity contribution in [3.63, 3.8) is 0 Å². The highest BCUT2D eigenvalue weighted by atomic mass is 14.2. The molecule has 0 heteroatoms. The number of aryl methyl sites for hydroxylation is 1. The smallest absolute Gasteiger partial charge is 0.00199 e. The number of hydrogen-bond acceptors (Lipinski definition) is 0. The zero-order valence-electron chi connectivity index (χ0n) is 28.4. The predicted molar refractivity (Wildman–Crippen MR) is 220 cm³/mol. The summed E-state index contributed by atoms with van der Waals surface area (Å²) in [4.78, 5) is 0. The van der Waals surface area contributed by atoms with Crippen LogP contribution in [0.25, 0.3) is 98.4 Å². The lowest BCUT2D eigenvalue weighted by molar-refractivity contribution is 1.47. The average Bonchev–Trinajstić information content (AvgIpc) is 3.20. The van der Waals surface area contributed by atoms with E-state index < -0.39 is 0 Å². The summed E-state index contributed by atoms with van der Waals surface area (Å²) in [5.74, 6) is 0. The van der Waals surface area contributed by atoms with Crippen LogP contribution in [-0.2, 0) is 0 Å². The first-order valence-electron chi connectivity index (χ1n) is 17.8. The standard InChI is InChI=1S/C51H34/c1-33-14-2-5-17-39(33)50-44-22-10-12-24-46(44)51(47-25-13-11-23-45(47)50)49-32-38(30-36-15-3-7-19-41(36)49)34-26-28-35(29-27-34)48-31-37-16-4-6-18-40(37)42-20-8-9-21-43(42)48/h2-32H,1H3. The molecule has 238 valence electrons. The molecular formula is C51H34. The van der Waals surface area contributed by atoms with Gasteiger partial charge >= 0.3 is 0 Å². The van der Waals surface area contributed by atoms with Crippen molar-refractivity contribution in [3.8, 4) is 44.5 Å². The Hall–Kier alpha value is -6.50. The van der Waals surface area contributed by atoms with Gasteiger partial charge in [0.05, 0.1) is 0 Å². The minimum absolute atomic E-state index is 1.21. The lowest BCUT2D eigenvalue weighted by Crippen LogP contribution is -1.93. The normalized spacial score (nSPS) is 11.6. The number of benzene rings is 10. The molecule has 0 heterocycles. The van der Waals surface area contributed by atoms with Crippen LogP contribution >= 0.6 is 0 Å². The average molecular weight is 647 g/mol. The van der Waals surface area contributed by atoms with Crippen molar-refractivity contribution < 1.29 is 0 Å². The van der Waals surface area contributed by atoms with E-state index in [-0.39, 0.29) is 0 Å². The fraction of sp³-hybridized carbons (Fsp3) is 0.0196. The molecule has 51 heavy (non-hydrogen) atoms. The van der Waals surface area contributed by atoms with Gasteiger partial charge < -0.3 is 0 Å². The van der Waals surface area contributed by atoms with Gasteiger partial charge in [-0.1, -0.05) is 170 Å². The van der Waals surface area contributed by atoms with Crippen LogP contribution < -0.4 is 0 Å². The van der Waals surface area contributed by atoms with E-state index in [2.05, 4.69) is 195 Å².